The number of thiophene rings is 1. The lowest BCUT2D eigenvalue weighted by Crippen LogP contribution is -2.48. The van der Waals surface area contributed by atoms with Gasteiger partial charge in [0.15, 0.2) is 0 Å². The Morgan fingerprint density at radius 3 is 2.58 bits per heavy atom. The summed E-state index contributed by atoms with van der Waals surface area (Å²) < 4.78 is 0. The van der Waals surface area contributed by atoms with E-state index in [1.807, 2.05) is 73.1 Å². The van der Waals surface area contributed by atoms with Crippen LogP contribution in [0.3, 0.4) is 0 Å². The molecule has 2 aromatic carbocycles. The minimum atomic E-state index is -0.664. The quantitative estimate of drug-likeness (QED) is 0.451. The van der Waals surface area contributed by atoms with Crippen molar-refractivity contribution in [2.75, 3.05) is 7.05 Å². The number of nitrogens with zero attached hydrogens (tertiary/aromatic N) is 1. The molecular weight excluding hydrogens is 406 g/mol. The van der Waals surface area contributed by atoms with Gasteiger partial charge in [-0.25, -0.2) is 0 Å². The van der Waals surface area contributed by atoms with E-state index in [0.29, 0.717) is 17.8 Å². The summed E-state index contributed by atoms with van der Waals surface area (Å²) in [6.07, 6.45) is 2.33. The number of nitrogens with one attached hydrogen (secondary N) is 2. The van der Waals surface area contributed by atoms with E-state index in [1.54, 1.807) is 18.0 Å². The smallest absolute Gasteiger partial charge is 0.262 e. The van der Waals surface area contributed by atoms with Gasteiger partial charge in [0.25, 0.3) is 5.91 Å². The number of carbonyl (C=O) groups excluding carboxylic acids is 2. The van der Waals surface area contributed by atoms with Crippen LogP contribution in [-0.2, 0) is 17.8 Å². The van der Waals surface area contributed by atoms with Crippen molar-refractivity contribution in [2.24, 2.45) is 0 Å². The number of benzene rings is 2. The zero-order valence-electron chi connectivity index (χ0n) is 17.6. The molecule has 0 bridgehead atoms. The maximum Gasteiger partial charge on any atom is 0.262 e. The molecule has 5 nitrogen and oxygen atoms in total. The van der Waals surface area contributed by atoms with E-state index in [0.717, 1.165) is 27.6 Å². The summed E-state index contributed by atoms with van der Waals surface area (Å²) >= 11 is 1.37. The van der Waals surface area contributed by atoms with Gasteiger partial charge < -0.3 is 15.2 Å². The Hall–Kier alpha value is -3.38. The lowest BCUT2D eigenvalue weighted by molar-refractivity contribution is -0.132. The third-order valence-corrected chi connectivity index (χ3v) is 6.36. The standard InChI is InChI=1S/C25H25N3O2S/c1-17-8-3-4-9-18(17)16-28(2)25(30)22(27-24(29)23-12-7-13-31-23)14-19-15-26-21-11-6-5-10-20(19)21/h3-13,15,22,26H,14,16H2,1-2H3,(H,27,29)/t22-/m0/s1. The van der Waals surface area contributed by atoms with Crippen molar-refractivity contribution in [2.45, 2.75) is 25.9 Å². The molecule has 0 aliphatic carbocycles. The molecule has 2 heterocycles. The average Bonchev–Trinajstić information content (AvgIpc) is 3.45. The van der Waals surface area contributed by atoms with Crippen LogP contribution in [0, 0.1) is 6.92 Å². The number of H-pyrrole nitrogens is 1. The number of rotatable bonds is 7. The molecule has 0 aliphatic heterocycles. The van der Waals surface area contributed by atoms with E-state index < -0.39 is 6.04 Å². The van der Waals surface area contributed by atoms with Crippen LogP contribution in [0.15, 0.2) is 72.2 Å². The van der Waals surface area contributed by atoms with Gasteiger partial charge in [-0.2, -0.15) is 0 Å². The lowest BCUT2D eigenvalue weighted by Gasteiger charge is -2.25. The Balaban J connectivity index is 1.58. The zero-order chi connectivity index (χ0) is 21.8. The largest absolute Gasteiger partial charge is 0.361 e. The highest BCUT2D eigenvalue weighted by atomic mass is 32.1. The first-order valence-electron chi connectivity index (χ1n) is 10.2. The molecule has 0 radical (unpaired) electrons. The Labute approximate surface area is 185 Å². The second-order valence-corrected chi connectivity index (χ2v) is 8.64. The molecule has 1 atom stereocenters. The molecule has 0 unspecified atom stereocenters. The van der Waals surface area contributed by atoms with Crippen molar-refractivity contribution in [3.05, 3.63) is 93.8 Å². The van der Waals surface area contributed by atoms with Crippen LogP contribution in [-0.4, -0.2) is 34.8 Å². The first-order chi connectivity index (χ1) is 15.0. The number of aryl methyl sites for hydroxylation is 1. The van der Waals surface area contributed by atoms with Gasteiger partial charge in [0, 0.05) is 37.1 Å². The van der Waals surface area contributed by atoms with Gasteiger partial charge >= 0.3 is 0 Å². The van der Waals surface area contributed by atoms with E-state index in [-0.39, 0.29) is 11.8 Å². The lowest BCUT2D eigenvalue weighted by atomic mass is 10.0. The predicted molar refractivity (Wildman–Crippen MR) is 125 cm³/mol. The van der Waals surface area contributed by atoms with Gasteiger partial charge in [-0.05, 0) is 41.1 Å². The fraction of sp³-hybridized carbons (Fsp3) is 0.200. The molecule has 2 aromatic heterocycles. The van der Waals surface area contributed by atoms with Gasteiger partial charge in [-0.15, -0.1) is 11.3 Å². The second-order valence-electron chi connectivity index (χ2n) is 7.69. The first kappa shape index (κ1) is 20.9. The van der Waals surface area contributed by atoms with Crippen molar-refractivity contribution in [1.82, 2.24) is 15.2 Å². The highest BCUT2D eigenvalue weighted by Crippen LogP contribution is 2.20. The van der Waals surface area contributed by atoms with Crippen molar-refractivity contribution in [1.29, 1.82) is 0 Å². The average molecular weight is 432 g/mol. The van der Waals surface area contributed by atoms with Crippen LogP contribution in [0.1, 0.15) is 26.4 Å². The monoisotopic (exact) mass is 431 g/mol. The predicted octanol–water partition coefficient (Wildman–Crippen LogP) is 4.54. The van der Waals surface area contributed by atoms with E-state index in [1.165, 1.54) is 11.3 Å². The number of fused-ring (bicyclic) bond motifs is 1. The Kier molecular flexibility index (Phi) is 6.18. The summed E-state index contributed by atoms with van der Waals surface area (Å²) in [6, 6.07) is 18.9. The third kappa shape index (κ3) is 4.70. The van der Waals surface area contributed by atoms with Gasteiger partial charge in [0.2, 0.25) is 5.91 Å². The van der Waals surface area contributed by atoms with E-state index in [2.05, 4.69) is 10.3 Å². The van der Waals surface area contributed by atoms with Crippen molar-refractivity contribution in [3.63, 3.8) is 0 Å². The number of hydrogen-bond acceptors (Lipinski definition) is 3. The number of hydrogen-bond donors (Lipinski definition) is 2. The van der Waals surface area contributed by atoms with E-state index >= 15 is 0 Å². The molecule has 158 valence electrons. The molecule has 4 rings (SSSR count). The highest BCUT2D eigenvalue weighted by Gasteiger charge is 2.26. The maximum atomic E-state index is 13.4. The molecule has 2 amide bonds. The fourth-order valence-electron chi connectivity index (χ4n) is 3.74. The molecule has 6 heteroatoms. The Morgan fingerprint density at radius 1 is 1.03 bits per heavy atom. The topological polar surface area (TPSA) is 65.2 Å². The number of para-hydroxylation sites is 1. The van der Waals surface area contributed by atoms with Crippen LogP contribution in [0.4, 0.5) is 0 Å². The van der Waals surface area contributed by atoms with Crippen molar-refractivity contribution in [3.8, 4) is 0 Å². The normalized spacial score (nSPS) is 11.9. The van der Waals surface area contributed by atoms with Crippen LogP contribution < -0.4 is 5.32 Å². The number of amides is 2. The van der Waals surface area contributed by atoms with Crippen LogP contribution in [0.25, 0.3) is 10.9 Å². The summed E-state index contributed by atoms with van der Waals surface area (Å²) in [5, 5.41) is 5.89. The highest BCUT2D eigenvalue weighted by molar-refractivity contribution is 7.12. The summed E-state index contributed by atoms with van der Waals surface area (Å²) in [4.78, 5) is 31.7. The SMILES string of the molecule is Cc1ccccc1CN(C)C(=O)[C@H](Cc1c[nH]c2ccccc12)NC(=O)c1cccs1. The fourth-order valence-corrected chi connectivity index (χ4v) is 4.37. The molecule has 31 heavy (non-hydrogen) atoms. The molecule has 0 fully saturated rings. The Bertz CT molecular complexity index is 1200. The Morgan fingerprint density at radius 2 is 1.81 bits per heavy atom. The molecule has 0 saturated heterocycles. The van der Waals surface area contributed by atoms with Crippen molar-refractivity contribution >= 4 is 34.1 Å². The van der Waals surface area contributed by atoms with Crippen molar-refractivity contribution < 1.29 is 9.59 Å². The van der Waals surface area contributed by atoms with Gasteiger partial charge in [0.05, 0.1) is 4.88 Å². The molecule has 2 N–H and O–H groups in total. The molecule has 0 aliphatic rings. The number of carbonyl (C=O) groups is 2. The minimum absolute atomic E-state index is 0.113. The second kappa shape index (κ2) is 9.18. The first-order valence-corrected chi connectivity index (χ1v) is 11.1. The van der Waals surface area contributed by atoms with Crippen LogP contribution >= 0.6 is 11.3 Å². The number of aromatic amines is 1. The maximum absolute atomic E-state index is 13.4. The summed E-state index contributed by atoms with van der Waals surface area (Å²) in [5.74, 6) is -0.337. The number of likely N-dealkylation sites (N-methyl/N-ethyl adjacent to an activating group) is 1. The summed E-state index contributed by atoms with van der Waals surface area (Å²) in [5.41, 5.74) is 4.25. The molecule has 4 aromatic rings. The van der Waals surface area contributed by atoms with Crippen LogP contribution in [0.5, 0.6) is 0 Å². The van der Waals surface area contributed by atoms with E-state index in [9.17, 15) is 9.59 Å². The van der Waals surface area contributed by atoms with E-state index in [4.69, 9.17) is 0 Å². The number of aromatic nitrogens is 1. The van der Waals surface area contributed by atoms with Gasteiger partial charge in [-0.3, -0.25) is 9.59 Å². The minimum Gasteiger partial charge on any atom is -0.361 e. The van der Waals surface area contributed by atoms with Crippen LogP contribution in [0.2, 0.25) is 0 Å². The summed E-state index contributed by atoms with van der Waals surface area (Å²) in [6.45, 7) is 2.53. The zero-order valence-corrected chi connectivity index (χ0v) is 18.4. The van der Waals surface area contributed by atoms with Gasteiger partial charge in [-0.1, -0.05) is 48.5 Å². The summed E-state index contributed by atoms with van der Waals surface area (Å²) in [7, 11) is 1.79. The third-order valence-electron chi connectivity index (χ3n) is 5.49. The molecular formula is C25H25N3O2S. The molecule has 0 saturated carbocycles. The van der Waals surface area contributed by atoms with Gasteiger partial charge in [0.1, 0.15) is 6.04 Å². The molecule has 0 spiro atoms.